The largest absolute Gasteiger partial charge is 0.402 e. The van der Waals surface area contributed by atoms with E-state index >= 15 is 0 Å². The highest BCUT2D eigenvalue weighted by Gasteiger charge is 2.24. The highest BCUT2D eigenvalue weighted by Crippen LogP contribution is 2.35. The number of aromatic nitrogens is 2. The van der Waals surface area contributed by atoms with Crippen molar-refractivity contribution in [1.82, 2.24) is 14.9 Å². The van der Waals surface area contributed by atoms with Gasteiger partial charge in [0, 0.05) is 54.8 Å². The number of para-hydroxylation sites is 1. The first-order chi connectivity index (χ1) is 15.3. The number of fused-ring (bicyclic) bond motifs is 2. The Kier molecular flexibility index (Phi) is 5.45. The van der Waals surface area contributed by atoms with Crippen LogP contribution in [0.5, 0.6) is 0 Å². The lowest BCUT2D eigenvalue weighted by Gasteiger charge is -2.10. The van der Waals surface area contributed by atoms with E-state index in [9.17, 15) is 4.79 Å². The minimum Gasteiger partial charge on any atom is -0.402 e. The van der Waals surface area contributed by atoms with E-state index in [0.717, 1.165) is 32.7 Å². The van der Waals surface area contributed by atoms with Crippen molar-refractivity contribution in [3.05, 3.63) is 63.9 Å². The molecule has 0 radical (unpaired) electrons. The second-order valence-corrected chi connectivity index (χ2v) is 8.37. The van der Waals surface area contributed by atoms with Gasteiger partial charge in [0.25, 0.3) is 5.91 Å². The van der Waals surface area contributed by atoms with Crippen LogP contribution in [-0.2, 0) is 20.0 Å². The van der Waals surface area contributed by atoms with Crippen LogP contribution in [0.3, 0.4) is 0 Å². The molecule has 32 heavy (non-hydrogen) atoms. The molecule has 0 unspecified atom stereocenters. The molecule has 0 saturated heterocycles. The fraction of sp³-hybridized carbons (Fsp3) is 0.136. The average molecular weight is 447 g/mol. The summed E-state index contributed by atoms with van der Waals surface area (Å²) in [5.74, 6) is 0.0675. The third kappa shape index (κ3) is 3.50. The molecule has 0 spiro atoms. The number of nitrogens with one attached hydrogen (secondary N) is 3. The van der Waals surface area contributed by atoms with Gasteiger partial charge in [-0.3, -0.25) is 4.79 Å². The number of carbonyl (C=O) groups is 1. The third-order valence-electron chi connectivity index (χ3n) is 5.24. The maximum absolute atomic E-state index is 13.1. The molecule has 10 heteroatoms. The maximum atomic E-state index is 13.1. The zero-order valence-corrected chi connectivity index (χ0v) is 18.2. The number of hydrogen-bond acceptors (Lipinski definition) is 8. The SMILES string of the molecule is C=C1C(N)=Nc2c(CNC(=O)c3c(C=N)c4sc(CC(N)=CC=N)nc4n3C)cccc21. The summed E-state index contributed by atoms with van der Waals surface area (Å²) in [6, 6.07) is 5.67. The number of carbonyl (C=O) groups excluding carboxylic acids is 1. The number of aryl methyl sites for hydroxylation is 1. The summed E-state index contributed by atoms with van der Waals surface area (Å²) in [5, 5.41) is 18.7. The summed E-state index contributed by atoms with van der Waals surface area (Å²) in [6.45, 7) is 4.20. The Morgan fingerprint density at radius 2 is 2.16 bits per heavy atom. The molecule has 0 saturated carbocycles. The number of nitrogens with zero attached hydrogens (tertiary/aromatic N) is 3. The van der Waals surface area contributed by atoms with Crippen LogP contribution in [0.15, 0.2) is 41.5 Å². The number of aliphatic imine (C=N–C) groups is 1. The van der Waals surface area contributed by atoms with Gasteiger partial charge in [0.1, 0.15) is 16.5 Å². The Labute approximate surface area is 188 Å². The number of amides is 1. The Morgan fingerprint density at radius 3 is 2.88 bits per heavy atom. The minimum absolute atomic E-state index is 0.256. The van der Waals surface area contributed by atoms with Crippen LogP contribution in [0.4, 0.5) is 5.69 Å². The van der Waals surface area contributed by atoms with E-state index in [1.807, 2.05) is 18.2 Å². The van der Waals surface area contributed by atoms with Gasteiger partial charge in [0.05, 0.1) is 10.4 Å². The average Bonchev–Trinajstić information content (AvgIpc) is 3.38. The molecule has 0 atom stereocenters. The second-order valence-electron chi connectivity index (χ2n) is 7.28. The molecule has 3 aromatic rings. The fourth-order valence-corrected chi connectivity index (χ4v) is 4.82. The molecule has 9 nitrogen and oxygen atoms in total. The van der Waals surface area contributed by atoms with E-state index in [0.29, 0.717) is 40.4 Å². The first-order valence-corrected chi connectivity index (χ1v) is 10.5. The van der Waals surface area contributed by atoms with E-state index in [1.54, 1.807) is 11.6 Å². The van der Waals surface area contributed by atoms with Crippen LogP contribution in [-0.4, -0.2) is 33.7 Å². The smallest absolute Gasteiger partial charge is 0.268 e. The van der Waals surface area contributed by atoms with Crippen LogP contribution >= 0.6 is 11.3 Å². The number of nitrogens with two attached hydrogens (primary N) is 2. The molecule has 4 rings (SSSR count). The molecule has 0 bridgehead atoms. The van der Waals surface area contributed by atoms with Gasteiger partial charge in [-0.15, -0.1) is 11.3 Å². The van der Waals surface area contributed by atoms with Gasteiger partial charge >= 0.3 is 0 Å². The van der Waals surface area contributed by atoms with Crippen molar-refractivity contribution in [3.63, 3.8) is 0 Å². The molecular weight excluding hydrogens is 424 g/mol. The number of rotatable bonds is 7. The molecule has 2 aromatic heterocycles. The standard InChI is InChI=1S/C22H22N8OS/c1-11-14-5-3-4-12(17(14)29-20(11)26)10-27-22(31)18-15(9-24)19-21(30(18)2)28-16(32-19)8-13(25)6-7-23/h3-7,9,23-24H,1,8,10,25H2,2H3,(H2,26,29)(H,27,31). The van der Waals surface area contributed by atoms with Crippen LogP contribution < -0.4 is 16.8 Å². The minimum atomic E-state index is -0.313. The first-order valence-electron chi connectivity index (χ1n) is 9.73. The molecule has 3 heterocycles. The predicted octanol–water partition coefficient (Wildman–Crippen LogP) is 2.61. The summed E-state index contributed by atoms with van der Waals surface area (Å²) in [4.78, 5) is 22.0. The van der Waals surface area contributed by atoms with Gasteiger partial charge in [-0.1, -0.05) is 24.8 Å². The predicted molar refractivity (Wildman–Crippen MR) is 129 cm³/mol. The summed E-state index contributed by atoms with van der Waals surface area (Å²) >= 11 is 1.39. The van der Waals surface area contributed by atoms with E-state index in [-0.39, 0.29) is 12.5 Å². The molecule has 1 amide bonds. The summed E-state index contributed by atoms with van der Waals surface area (Å²) in [6.07, 6.45) is 4.22. The van der Waals surface area contributed by atoms with Crippen molar-refractivity contribution in [2.45, 2.75) is 13.0 Å². The second kappa shape index (κ2) is 8.23. The summed E-state index contributed by atoms with van der Waals surface area (Å²) in [5.41, 5.74) is 16.9. The zero-order chi connectivity index (χ0) is 23.0. The lowest BCUT2D eigenvalue weighted by atomic mass is 10.0. The Bertz CT molecular complexity index is 1360. The van der Waals surface area contributed by atoms with Gasteiger partial charge < -0.3 is 32.2 Å². The van der Waals surface area contributed by atoms with Crippen molar-refractivity contribution in [2.24, 2.45) is 23.5 Å². The number of thiazole rings is 1. The van der Waals surface area contributed by atoms with Gasteiger partial charge in [-0.05, 0) is 11.6 Å². The number of hydrogen-bond donors (Lipinski definition) is 5. The Hall–Kier alpha value is -4.05. The third-order valence-corrected chi connectivity index (χ3v) is 6.32. The normalized spacial score (nSPS) is 13.2. The van der Waals surface area contributed by atoms with Crippen LogP contribution in [0, 0.1) is 10.8 Å². The van der Waals surface area contributed by atoms with Gasteiger partial charge in [0.2, 0.25) is 0 Å². The zero-order valence-electron chi connectivity index (χ0n) is 17.4. The highest BCUT2D eigenvalue weighted by atomic mass is 32.1. The Balaban J connectivity index is 1.61. The monoisotopic (exact) mass is 446 g/mol. The van der Waals surface area contributed by atoms with Crippen molar-refractivity contribution < 1.29 is 4.79 Å². The Morgan fingerprint density at radius 1 is 1.38 bits per heavy atom. The van der Waals surface area contributed by atoms with Crippen molar-refractivity contribution in [2.75, 3.05) is 0 Å². The highest BCUT2D eigenvalue weighted by molar-refractivity contribution is 7.19. The van der Waals surface area contributed by atoms with Gasteiger partial charge in [-0.25, -0.2) is 9.98 Å². The van der Waals surface area contributed by atoms with Gasteiger partial charge in [-0.2, -0.15) is 0 Å². The summed E-state index contributed by atoms with van der Waals surface area (Å²) in [7, 11) is 1.75. The van der Waals surface area contributed by atoms with E-state index in [4.69, 9.17) is 22.3 Å². The molecular formula is C22H22N8OS. The van der Waals surface area contributed by atoms with Crippen LogP contribution in [0.1, 0.15) is 32.2 Å². The van der Waals surface area contributed by atoms with Crippen LogP contribution in [0.2, 0.25) is 0 Å². The molecule has 1 aliphatic rings. The number of allylic oxidation sites excluding steroid dienone is 2. The topological polar surface area (TPSA) is 159 Å². The molecule has 162 valence electrons. The summed E-state index contributed by atoms with van der Waals surface area (Å²) < 4.78 is 2.44. The molecule has 7 N–H and O–H groups in total. The van der Waals surface area contributed by atoms with E-state index < -0.39 is 0 Å². The van der Waals surface area contributed by atoms with Gasteiger partial charge in [0.15, 0.2) is 5.65 Å². The fourth-order valence-electron chi connectivity index (χ4n) is 3.67. The van der Waals surface area contributed by atoms with Crippen LogP contribution in [0.25, 0.3) is 15.9 Å². The van der Waals surface area contributed by atoms with Crippen molar-refractivity contribution >= 4 is 57.1 Å². The molecule has 0 aliphatic carbocycles. The van der Waals surface area contributed by atoms with Crippen molar-refractivity contribution in [1.29, 1.82) is 10.8 Å². The first kappa shape index (κ1) is 21.2. The number of amidine groups is 1. The molecule has 1 aromatic carbocycles. The van der Waals surface area contributed by atoms with E-state index in [2.05, 4.69) is 21.9 Å². The van der Waals surface area contributed by atoms with Crippen molar-refractivity contribution in [3.8, 4) is 0 Å². The number of benzene rings is 1. The lowest BCUT2D eigenvalue weighted by Crippen LogP contribution is -2.26. The maximum Gasteiger partial charge on any atom is 0.268 e. The lowest BCUT2D eigenvalue weighted by molar-refractivity contribution is 0.0943. The quantitative estimate of drug-likeness (QED) is 0.353. The van der Waals surface area contributed by atoms with E-state index in [1.165, 1.54) is 23.6 Å². The molecule has 0 fully saturated rings. The molecule has 1 aliphatic heterocycles.